The van der Waals surface area contributed by atoms with Gasteiger partial charge < -0.3 is 10.1 Å². The second-order valence-corrected chi connectivity index (χ2v) is 6.14. The molecule has 1 atom stereocenters. The van der Waals surface area contributed by atoms with Gasteiger partial charge in [0.1, 0.15) is 17.2 Å². The van der Waals surface area contributed by atoms with Gasteiger partial charge in [-0.25, -0.2) is 4.39 Å². The molecule has 0 aromatic heterocycles. The van der Waals surface area contributed by atoms with Gasteiger partial charge >= 0.3 is 0 Å². The van der Waals surface area contributed by atoms with Crippen molar-refractivity contribution in [1.82, 2.24) is 5.32 Å². The van der Waals surface area contributed by atoms with Crippen LogP contribution < -0.4 is 10.1 Å². The number of ether oxygens (including phenoxy) is 1. The van der Waals surface area contributed by atoms with Gasteiger partial charge in [0, 0.05) is 17.5 Å². The molecule has 1 aliphatic heterocycles. The van der Waals surface area contributed by atoms with Crippen LogP contribution in [0.15, 0.2) is 48.5 Å². The summed E-state index contributed by atoms with van der Waals surface area (Å²) in [7, 11) is 0. The van der Waals surface area contributed by atoms with Crippen molar-refractivity contribution in [2.24, 2.45) is 0 Å². The first-order valence-electron chi connectivity index (χ1n) is 7.29. The molecule has 3 nitrogen and oxygen atoms in total. The van der Waals surface area contributed by atoms with Gasteiger partial charge in [-0.2, -0.15) is 0 Å². The number of para-hydroxylation sites is 1. The van der Waals surface area contributed by atoms with E-state index in [1.165, 1.54) is 18.2 Å². The van der Waals surface area contributed by atoms with Crippen LogP contribution in [0, 0.1) is 5.82 Å². The van der Waals surface area contributed by atoms with E-state index < -0.39 is 5.82 Å². The van der Waals surface area contributed by atoms with Crippen molar-refractivity contribution in [3.05, 3.63) is 65.5 Å². The minimum atomic E-state index is -0.416. The number of nitrogens with one attached hydrogen (secondary N) is 1. The molecule has 3 rings (SSSR count). The average Bonchev–Trinajstić information content (AvgIpc) is 2.46. The Hall–Kier alpha value is -2.36. The number of amides is 1. The molecule has 0 fully saturated rings. The molecule has 1 unspecified atom stereocenters. The summed E-state index contributed by atoms with van der Waals surface area (Å²) in [6, 6.07) is 13.2. The Labute approximate surface area is 129 Å². The number of carbonyl (C=O) groups is 1. The third-order valence-corrected chi connectivity index (χ3v) is 3.77. The SMILES string of the molecule is CC1(C)CC(NC(=O)c2cccc(F)c2)c2ccccc2O1. The highest BCUT2D eigenvalue weighted by molar-refractivity contribution is 5.94. The fourth-order valence-corrected chi connectivity index (χ4v) is 2.80. The third-order valence-electron chi connectivity index (χ3n) is 3.77. The maximum absolute atomic E-state index is 13.3. The number of benzene rings is 2. The van der Waals surface area contributed by atoms with Crippen molar-refractivity contribution in [3.8, 4) is 5.75 Å². The van der Waals surface area contributed by atoms with Crippen molar-refractivity contribution in [1.29, 1.82) is 0 Å². The van der Waals surface area contributed by atoms with Crippen LogP contribution in [0.2, 0.25) is 0 Å². The zero-order valence-corrected chi connectivity index (χ0v) is 12.6. The van der Waals surface area contributed by atoms with Crippen LogP contribution >= 0.6 is 0 Å². The van der Waals surface area contributed by atoms with Crippen molar-refractivity contribution in [2.45, 2.75) is 31.9 Å². The fraction of sp³-hybridized carbons (Fsp3) is 0.278. The van der Waals surface area contributed by atoms with Crippen LogP contribution in [0.3, 0.4) is 0 Å². The number of hydrogen-bond acceptors (Lipinski definition) is 2. The molecule has 2 aromatic rings. The lowest BCUT2D eigenvalue weighted by atomic mass is 9.89. The molecule has 4 heteroatoms. The molecule has 0 radical (unpaired) electrons. The van der Waals surface area contributed by atoms with Gasteiger partial charge in [-0.3, -0.25) is 4.79 Å². The topological polar surface area (TPSA) is 38.3 Å². The molecule has 0 spiro atoms. The summed E-state index contributed by atoms with van der Waals surface area (Å²) in [5.74, 6) is 0.0839. The van der Waals surface area contributed by atoms with Crippen LogP contribution in [0.1, 0.15) is 42.2 Å². The van der Waals surface area contributed by atoms with E-state index in [1.54, 1.807) is 6.07 Å². The largest absolute Gasteiger partial charge is 0.487 e. The average molecular weight is 299 g/mol. The molecule has 0 aliphatic carbocycles. The predicted molar refractivity (Wildman–Crippen MR) is 82.4 cm³/mol. The number of fused-ring (bicyclic) bond motifs is 1. The molecule has 0 bridgehead atoms. The maximum atomic E-state index is 13.3. The molecule has 0 saturated carbocycles. The van der Waals surface area contributed by atoms with Gasteiger partial charge in [-0.15, -0.1) is 0 Å². The first kappa shape index (κ1) is 14.6. The lowest BCUT2D eigenvalue weighted by Gasteiger charge is -2.37. The van der Waals surface area contributed by atoms with Gasteiger partial charge in [0.2, 0.25) is 0 Å². The standard InChI is InChI=1S/C18H18FNO2/c1-18(2)11-15(14-8-3-4-9-16(14)22-18)20-17(21)12-6-5-7-13(19)10-12/h3-10,15H,11H2,1-2H3,(H,20,21). The minimum Gasteiger partial charge on any atom is -0.487 e. The Bertz CT molecular complexity index is 712. The normalized spacial score (nSPS) is 19.0. The summed E-state index contributed by atoms with van der Waals surface area (Å²) in [5.41, 5.74) is 0.905. The highest BCUT2D eigenvalue weighted by Gasteiger charge is 2.34. The van der Waals surface area contributed by atoms with E-state index in [9.17, 15) is 9.18 Å². The highest BCUT2D eigenvalue weighted by Crippen LogP contribution is 2.39. The first-order valence-corrected chi connectivity index (χ1v) is 7.29. The summed E-state index contributed by atoms with van der Waals surface area (Å²) >= 11 is 0. The van der Waals surface area contributed by atoms with Crippen LogP contribution in [-0.4, -0.2) is 11.5 Å². The fourth-order valence-electron chi connectivity index (χ4n) is 2.80. The van der Waals surface area contributed by atoms with Crippen LogP contribution in [0.5, 0.6) is 5.75 Å². The van der Waals surface area contributed by atoms with Gasteiger partial charge in [0.25, 0.3) is 5.91 Å². The summed E-state index contributed by atoms with van der Waals surface area (Å²) in [4.78, 5) is 12.4. The second-order valence-electron chi connectivity index (χ2n) is 6.14. The van der Waals surface area contributed by atoms with Gasteiger partial charge in [-0.1, -0.05) is 24.3 Å². The van der Waals surface area contributed by atoms with Crippen molar-refractivity contribution >= 4 is 5.91 Å². The molecule has 0 saturated heterocycles. The van der Waals surface area contributed by atoms with E-state index in [0.717, 1.165) is 11.3 Å². The molecule has 114 valence electrons. The van der Waals surface area contributed by atoms with E-state index in [4.69, 9.17) is 4.74 Å². The Morgan fingerprint density at radius 2 is 2.00 bits per heavy atom. The Kier molecular flexibility index (Phi) is 3.61. The van der Waals surface area contributed by atoms with Gasteiger partial charge in [0.15, 0.2) is 0 Å². The monoisotopic (exact) mass is 299 g/mol. The minimum absolute atomic E-state index is 0.157. The van der Waals surface area contributed by atoms with Crippen LogP contribution in [0.25, 0.3) is 0 Å². The van der Waals surface area contributed by atoms with E-state index in [0.29, 0.717) is 12.0 Å². The van der Waals surface area contributed by atoms with E-state index >= 15 is 0 Å². The molecular formula is C18H18FNO2. The maximum Gasteiger partial charge on any atom is 0.251 e. The summed E-state index contributed by atoms with van der Waals surface area (Å²) in [6.07, 6.45) is 0.658. The van der Waals surface area contributed by atoms with Crippen LogP contribution in [-0.2, 0) is 0 Å². The molecule has 22 heavy (non-hydrogen) atoms. The molecular weight excluding hydrogens is 281 g/mol. The number of hydrogen-bond donors (Lipinski definition) is 1. The second kappa shape index (κ2) is 5.44. The summed E-state index contributed by atoms with van der Waals surface area (Å²) < 4.78 is 19.2. The Morgan fingerprint density at radius 1 is 1.23 bits per heavy atom. The zero-order chi connectivity index (χ0) is 15.7. The molecule has 1 amide bonds. The first-order chi connectivity index (χ1) is 10.4. The molecule has 1 aliphatic rings. The highest BCUT2D eigenvalue weighted by atomic mass is 19.1. The third kappa shape index (κ3) is 2.96. The lowest BCUT2D eigenvalue weighted by Crippen LogP contribution is -2.41. The summed E-state index contributed by atoms with van der Waals surface area (Å²) in [5, 5.41) is 2.99. The quantitative estimate of drug-likeness (QED) is 0.914. The van der Waals surface area contributed by atoms with Crippen molar-refractivity contribution in [3.63, 3.8) is 0 Å². The van der Waals surface area contributed by atoms with E-state index in [2.05, 4.69) is 5.32 Å². The van der Waals surface area contributed by atoms with E-state index in [1.807, 2.05) is 38.1 Å². The number of halogens is 1. The van der Waals surface area contributed by atoms with Crippen molar-refractivity contribution < 1.29 is 13.9 Å². The number of carbonyl (C=O) groups excluding carboxylic acids is 1. The van der Waals surface area contributed by atoms with Gasteiger partial charge in [-0.05, 0) is 38.1 Å². The Morgan fingerprint density at radius 3 is 2.77 bits per heavy atom. The number of rotatable bonds is 2. The lowest BCUT2D eigenvalue weighted by molar-refractivity contribution is 0.0619. The Balaban J connectivity index is 1.87. The smallest absolute Gasteiger partial charge is 0.251 e. The molecule has 1 heterocycles. The zero-order valence-electron chi connectivity index (χ0n) is 12.6. The molecule has 1 N–H and O–H groups in total. The van der Waals surface area contributed by atoms with Crippen molar-refractivity contribution in [2.75, 3.05) is 0 Å². The van der Waals surface area contributed by atoms with Gasteiger partial charge in [0.05, 0.1) is 6.04 Å². The van der Waals surface area contributed by atoms with E-state index in [-0.39, 0.29) is 17.6 Å². The predicted octanol–water partition coefficient (Wildman–Crippen LogP) is 3.86. The summed E-state index contributed by atoms with van der Waals surface area (Å²) in [6.45, 7) is 3.98. The van der Waals surface area contributed by atoms with Crippen LogP contribution in [0.4, 0.5) is 4.39 Å². The molecule has 2 aromatic carbocycles.